The van der Waals surface area contributed by atoms with Gasteiger partial charge in [0.05, 0.1) is 13.0 Å². The van der Waals surface area contributed by atoms with E-state index >= 15 is 0 Å². The first-order valence-corrected chi connectivity index (χ1v) is 6.06. The Morgan fingerprint density at radius 2 is 1.79 bits per heavy atom. The zero-order valence-electron chi connectivity index (χ0n) is 9.06. The van der Waals surface area contributed by atoms with E-state index in [0.29, 0.717) is 18.9 Å². The number of alkyl halides is 1. The second-order valence-electron chi connectivity index (χ2n) is 3.43. The molecule has 0 aliphatic rings. The number of carbonyl (C=O) groups excluding carboxylic acids is 1. The highest BCUT2D eigenvalue weighted by atomic mass is 35.5. The number of unbranched alkanes of at least 4 members (excludes halogenated alkanes) is 5. The van der Waals surface area contributed by atoms with Crippen LogP contribution in [0.15, 0.2) is 0 Å². The molecule has 0 aliphatic heterocycles. The van der Waals surface area contributed by atoms with Crippen molar-refractivity contribution in [2.24, 2.45) is 0 Å². The van der Waals surface area contributed by atoms with E-state index in [2.05, 4.69) is 6.92 Å². The molecule has 0 unspecified atom stereocenters. The molecule has 0 fully saturated rings. The molecule has 0 heterocycles. The van der Waals surface area contributed by atoms with Crippen LogP contribution >= 0.6 is 11.6 Å². The third kappa shape index (κ3) is 9.85. The largest absolute Gasteiger partial charge is 0.466 e. The van der Waals surface area contributed by atoms with Crippen molar-refractivity contribution in [2.45, 2.75) is 51.9 Å². The molecule has 0 bridgehead atoms. The van der Waals surface area contributed by atoms with Gasteiger partial charge >= 0.3 is 5.97 Å². The molecule has 2 nitrogen and oxygen atoms in total. The molecule has 0 N–H and O–H groups in total. The van der Waals surface area contributed by atoms with Gasteiger partial charge in [0.2, 0.25) is 0 Å². The average Bonchev–Trinajstić information content (AvgIpc) is 2.17. The van der Waals surface area contributed by atoms with Crippen LogP contribution in [0.25, 0.3) is 0 Å². The van der Waals surface area contributed by atoms with E-state index in [9.17, 15) is 4.79 Å². The number of carbonyl (C=O) groups is 1. The molecule has 0 spiro atoms. The zero-order valence-corrected chi connectivity index (χ0v) is 9.81. The fourth-order valence-electron chi connectivity index (χ4n) is 1.22. The van der Waals surface area contributed by atoms with Gasteiger partial charge in [-0.3, -0.25) is 4.79 Å². The Morgan fingerprint density at radius 3 is 2.43 bits per heavy atom. The molecule has 0 atom stereocenters. The fourth-order valence-corrected chi connectivity index (χ4v) is 1.37. The lowest BCUT2D eigenvalue weighted by atomic mass is 10.1. The molecule has 84 valence electrons. The molecule has 0 rings (SSSR count). The van der Waals surface area contributed by atoms with Crippen LogP contribution in [0.4, 0.5) is 0 Å². The topological polar surface area (TPSA) is 26.3 Å². The summed E-state index contributed by atoms with van der Waals surface area (Å²) in [6.07, 6.45) is 7.60. The van der Waals surface area contributed by atoms with Gasteiger partial charge in [-0.05, 0) is 6.42 Å². The molecular formula is C11H21ClO2. The Hall–Kier alpha value is -0.240. The van der Waals surface area contributed by atoms with Gasteiger partial charge in [0.25, 0.3) is 0 Å². The van der Waals surface area contributed by atoms with Gasteiger partial charge in [-0.25, -0.2) is 0 Å². The van der Waals surface area contributed by atoms with Gasteiger partial charge < -0.3 is 4.74 Å². The van der Waals surface area contributed by atoms with Crippen LogP contribution < -0.4 is 0 Å². The van der Waals surface area contributed by atoms with E-state index in [1.807, 2.05) is 0 Å². The van der Waals surface area contributed by atoms with Crippen molar-refractivity contribution in [3.63, 3.8) is 0 Å². The lowest BCUT2D eigenvalue weighted by Crippen LogP contribution is -2.05. The Bertz CT molecular complexity index is 137. The second-order valence-corrected chi connectivity index (χ2v) is 3.81. The summed E-state index contributed by atoms with van der Waals surface area (Å²) >= 11 is 5.39. The normalized spacial score (nSPS) is 10.1. The molecule has 0 saturated heterocycles. The lowest BCUT2D eigenvalue weighted by molar-refractivity contribution is -0.143. The van der Waals surface area contributed by atoms with E-state index < -0.39 is 0 Å². The molecule has 0 aromatic rings. The minimum Gasteiger partial charge on any atom is -0.466 e. The Balaban J connectivity index is 3.01. The Labute approximate surface area is 92.0 Å². The number of hydrogen-bond donors (Lipinski definition) is 0. The van der Waals surface area contributed by atoms with Gasteiger partial charge in [0.15, 0.2) is 0 Å². The maximum atomic E-state index is 10.9. The summed E-state index contributed by atoms with van der Waals surface area (Å²) in [4.78, 5) is 10.9. The number of esters is 1. The van der Waals surface area contributed by atoms with Gasteiger partial charge in [-0.1, -0.05) is 39.0 Å². The molecule has 0 aliphatic carbocycles. The molecular weight excluding hydrogens is 200 g/mol. The van der Waals surface area contributed by atoms with Crippen LogP contribution in [0.2, 0.25) is 0 Å². The van der Waals surface area contributed by atoms with E-state index in [4.69, 9.17) is 16.3 Å². The Kier molecular flexibility index (Phi) is 10.7. The van der Waals surface area contributed by atoms with Crippen LogP contribution in [0.5, 0.6) is 0 Å². The van der Waals surface area contributed by atoms with E-state index in [-0.39, 0.29) is 5.97 Å². The first-order valence-electron chi connectivity index (χ1n) is 5.52. The molecule has 0 aromatic heterocycles. The van der Waals surface area contributed by atoms with Crippen molar-refractivity contribution in [3.8, 4) is 0 Å². The van der Waals surface area contributed by atoms with E-state index in [0.717, 1.165) is 12.8 Å². The summed E-state index contributed by atoms with van der Waals surface area (Å²) in [6, 6.07) is 0. The minimum absolute atomic E-state index is 0.173. The molecule has 0 aromatic carbocycles. The molecule has 0 amide bonds. The summed E-state index contributed by atoms with van der Waals surface area (Å²) in [7, 11) is 0. The quantitative estimate of drug-likeness (QED) is 0.338. The van der Waals surface area contributed by atoms with Gasteiger partial charge in [-0.2, -0.15) is 0 Å². The minimum atomic E-state index is -0.173. The van der Waals surface area contributed by atoms with Gasteiger partial charge in [0.1, 0.15) is 0 Å². The third-order valence-electron chi connectivity index (χ3n) is 2.06. The van der Waals surface area contributed by atoms with Crippen molar-refractivity contribution in [2.75, 3.05) is 12.5 Å². The first-order chi connectivity index (χ1) is 6.81. The predicted octanol–water partition coefficient (Wildman–Crippen LogP) is 3.52. The molecule has 3 heteroatoms. The smallest absolute Gasteiger partial charge is 0.306 e. The van der Waals surface area contributed by atoms with Crippen molar-refractivity contribution < 1.29 is 9.53 Å². The van der Waals surface area contributed by atoms with Gasteiger partial charge in [0, 0.05) is 5.88 Å². The summed E-state index contributed by atoms with van der Waals surface area (Å²) in [5.41, 5.74) is 0. The standard InChI is InChI=1S/C11H21ClO2/c1-2-3-4-5-6-7-10-14-11(13)8-9-12/h2-10H2,1H3. The highest BCUT2D eigenvalue weighted by molar-refractivity contribution is 6.18. The zero-order chi connectivity index (χ0) is 10.6. The molecule has 14 heavy (non-hydrogen) atoms. The lowest BCUT2D eigenvalue weighted by Gasteiger charge is -2.03. The Morgan fingerprint density at radius 1 is 1.14 bits per heavy atom. The van der Waals surface area contributed by atoms with Crippen molar-refractivity contribution in [1.29, 1.82) is 0 Å². The number of rotatable bonds is 9. The maximum Gasteiger partial charge on any atom is 0.306 e. The number of ether oxygens (including phenoxy) is 1. The number of hydrogen-bond acceptors (Lipinski definition) is 2. The summed E-state index contributed by atoms with van der Waals surface area (Å²) in [5, 5.41) is 0. The van der Waals surface area contributed by atoms with Crippen LogP contribution in [-0.2, 0) is 9.53 Å². The monoisotopic (exact) mass is 220 g/mol. The van der Waals surface area contributed by atoms with Crippen molar-refractivity contribution in [3.05, 3.63) is 0 Å². The summed E-state index contributed by atoms with van der Waals surface area (Å²) in [6.45, 7) is 2.76. The third-order valence-corrected chi connectivity index (χ3v) is 2.25. The number of halogens is 1. The van der Waals surface area contributed by atoms with E-state index in [1.54, 1.807) is 0 Å². The van der Waals surface area contributed by atoms with Crippen LogP contribution in [0.3, 0.4) is 0 Å². The van der Waals surface area contributed by atoms with Gasteiger partial charge in [-0.15, -0.1) is 11.6 Å². The SMILES string of the molecule is CCCCCCCCOC(=O)CCCl. The predicted molar refractivity (Wildman–Crippen MR) is 59.7 cm³/mol. The highest BCUT2D eigenvalue weighted by Gasteiger charge is 1.99. The van der Waals surface area contributed by atoms with Crippen molar-refractivity contribution in [1.82, 2.24) is 0 Å². The molecule has 0 radical (unpaired) electrons. The van der Waals surface area contributed by atoms with Crippen molar-refractivity contribution >= 4 is 17.6 Å². The van der Waals surface area contributed by atoms with E-state index in [1.165, 1.54) is 25.7 Å². The average molecular weight is 221 g/mol. The summed E-state index contributed by atoms with van der Waals surface area (Å²) < 4.78 is 4.97. The first kappa shape index (κ1) is 13.8. The van der Waals surface area contributed by atoms with Crippen LogP contribution in [0, 0.1) is 0 Å². The summed E-state index contributed by atoms with van der Waals surface area (Å²) in [5.74, 6) is 0.184. The highest BCUT2D eigenvalue weighted by Crippen LogP contribution is 2.05. The molecule has 0 saturated carbocycles. The fraction of sp³-hybridized carbons (Fsp3) is 0.909. The second kappa shape index (κ2) is 10.8. The van der Waals surface area contributed by atoms with Crippen LogP contribution in [0.1, 0.15) is 51.9 Å². The van der Waals surface area contributed by atoms with Crippen LogP contribution in [-0.4, -0.2) is 18.5 Å². The maximum absolute atomic E-state index is 10.9.